The van der Waals surface area contributed by atoms with E-state index in [-0.39, 0.29) is 24.0 Å². The summed E-state index contributed by atoms with van der Waals surface area (Å²) in [5.41, 5.74) is 2.69. The zero-order valence-corrected chi connectivity index (χ0v) is 16.8. The third kappa shape index (κ3) is 7.45. The molecule has 0 atom stereocenters. The number of aliphatic imine (C=N–C) groups is 1. The van der Waals surface area contributed by atoms with Gasteiger partial charge in [0.15, 0.2) is 5.96 Å². The molecule has 0 heterocycles. The minimum absolute atomic E-state index is 0. The van der Waals surface area contributed by atoms with Gasteiger partial charge >= 0.3 is 0 Å². The van der Waals surface area contributed by atoms with Crippen LogP contribution in [-0.4, -0.2) is 37.5 Å². The number of hydrogen-bond donors (Lipinski definition) is 2. The molecule has 4 nitrogen and oxygen atoms in total. The molecule has 0 aliphatic heterocycles. The van der Waals surface area contributed by atoms with Crippen LogP contribution in [0.2, 0.25) is 0 Å². The molecule has 1 rings (SSSR count). The minimum Gasteiger partial charge on any atom is -0.356 e. The van der Waals surface area contributed by atoms with Crippen molar-refractivity contribution in [2.45, 2.75) is 46.3 Å². The zero-order chi connectivity index (χ0) is 15.7. The lowest BCUT2D eigenvalue weighted by Gasteiger charge is -2.23. The van der Waals surface area contributed by atoms with Crippen molar-refractivity contribution in [1.29, 1.82) is 0 Å². The second kappa shape index (κ2) is 11.7. The first-order chi connectivity index (χ1) is 10.1. The number of hydrogen-bond acceptors (Lipinski definition) is 2. The summed E-state index contributed by atoms with van der Waals surface area (Å²) < 4.78 is 0. The summed E-state index contributed by atoms with van der Waals surface area (Å²) in [6.07, 6.45) is 1.09. The first-order valence-electron chi connectivity index (χ1n) is 7.80. The minimum atomic E-state index is 0. The average Bonchev–Trinajstić information content (AvgIpc) is 2.48. The van der Waals surface area contributed by atoms with Crippen molar-refractivity contribution in [3.63, 3.8) is 0 Å². The normalized spacial score (nSPS) is 11.5. The van der Waals surface area contributed by atoms with Gasteiger partial charge in [0, 0.05) is 32.7 Å². The second-order valence-electron chi connectivity index (χ2n) is 5.63. The van der Waals surface area contributed by atoms with Crippen LogP contribution >= 0.6 is 24.0 Å². The lowest BCUT2D eigenvalue weighted by atomic mass is 10.1. The molecule has 0 aromatic heterocycles. The third-order valence-corrected chi connectivity index (χ3v) is 3.63. The van der Waals surface area contributed by atoms with Gasteiger partial charge in [0.05, 0.1) is 0 Å². The Hall–Kier alpha value is -0.820. The third-order valence-electron chi connectivity index (χ3n) is 3.63. The van der Waals surface area contributed by atoms with Gasteiger partial charge in [0.1, 0.15) is 0 Å². The van der Waals surface area contributed by atoms with Gasteiger partial charge in [-0.05, 0) is 38.4 Å². The lowest BCUT2D eigenvalue weighted by Crippen LogP contribution is -2.37. The molecule has 0 unspecified atom stereocenters. The first-order valence-corrected chi connectivity index (χ1v) is 7.80. The van der Waals surface area contributed by atoms with Crippen molar-refractivity contribution in [1.82, 2.24) is 15.5 Å². The maximum absolute atomic E-state index is 4.24. The highest BCUT2D eigenvalue weighted by Crippen LogP contribution is 2.12. The van der Waals surface area contributed by atoms with Crippen molar-refractivity contribution >= 4 is 29.9 Å². The van der Waals surface area contributed by atoms with E-state index in [2.05, 4.69) is 72.6 Å². The van der Waals surface area contributed by atoms with Crippen molar-refractivity contribution in [2.75, 3.05) is 20.6 Å². The van der Waals surface area contributed by atoms with Crippen molar-refractivity contribution in [3.8, 4) is 0 Å². The van der Waals surface area contributed by atoms with Crippen molar-refractivity contribution in [2.24, 2.45) is 4.99 Å². The van der Waals surface area contributed by atoms with Crippen LogP contribution in [0.3, 0.4) is 0 Å². The van der Waals surface area contributed by atoms with Crippen LogP contribution < -0.4 is 10.6 Å². The predicted molar refractivity (Wildman–Crippen MR) is 107 cm³/mol. The SMILES string of the molecule is CCCNC(=NC)NCc1ccccc1CN(C)C(C)C.I. The molecule has 0 spiro atoms. The second-order valence-corrected chi connectivity index (χ2v) is 5.63. The van der Waals surface area contributed by atoms with Crippen LogP contribution in [0.15, 0.2) is 29.3 Å². The Balaban J connectivity index is 0.00000441. The summed E-state index contributed by atoms with van der Waals surface area (Å²) >= 11 is 0. The van der Waals surface area contributed by atoms with E-state index in [4.69, 9.17) is 0 Å². The quantitative estimate of drug-likeness (QED) is 0.406. The molecule has 0 saturated carbocycles. The van der Waals surface area contributed by atoms with E-state index in [1.807, 2.05) is 7.05 Å². The molecule has 126 valence electrons. The molecule has 0 bridgehead atoms. The summed E-state index contributed by atoms with van der Waals surface area (Å²) in [4.78, 5) is 6.59. The largest absolute Gasteiger partial charge is 0.356 e. The standard InChI is InChI=1S/C17H30N4.HI/c1-6-11-19-17(18-4)20-12-15-9-7-8-10-16(15)13-21(5)14(2)3;/h7-10,14H,6,11-13H2,1-5H3,(H2,18,19,20);1H. The fourth-order valence-electron chi connectivity index (χ4n) is 1.98. The molecular formula is C17H31IN4. The van der Waals surface area contributed by atoms with Crippen LogP contribution in [-0.2, 0) is 13.1 Å². The molecule has 0 fully saturated rings. The van der Waals surface area contributed by atoms with E-state index in [0.717, 1.165) is 32.0 Å². The molecule has 0 aliphatic rings. The molecule has 1 aromatic carbocycles. The number of guanidine groups is 1. The topological polar surface area (TPSA) is 39.7 Å². The molecule has 0 aliphatic carbocycles. The number of nitrogens with one attached hydrogen (secondary N) is 2. The number of halogens is 1. The Morgan fingerprint density at radius 2 is 1.82 bits per heavy atom. The molecule has 0 radical (unpaired) electrons. The summed E-state index contributed by atoms with van der Waals surface area (Å²) in [5.74, 6) is 0.865. The predicted octanol–water partition coefficient (Wildman–Crippen LogP) is 3.22. The maximum atomic E-state index is 4.24. The Morgan fingerprint density at radius 3 is 2.36 bits per heavy atom. The average molecular weight is 418 g/mol. The van der Waals surface area contributed by atoms with Gasteiger partial charge in [-0.25, -0.2) is 0 Å². The van der Waals surface area contributed by atoms with Crippen molar-refractivity contribution < 1.29 is 0 Å². The van der Waals surface area contributed by atoms with Gasteiger partial charge < -0.3 is 10.6 Å². The van der Waals surface area contributed by atoms with E-state index in [1.165, 1.54) is 11.1 Å². The Bertz CT molecular complexity index is 446. The molecule has 22 heavy (non-hydrogen) atoms. The van der Waals surface area contributed by atoms with Crippen LogP contribution in [0.5, 0.6) is 0 Å². The Labute approximate surface area is 152 Å². The van der Waals surface area contributed by atoms with E-state index < -0.39 is 0 Å². The van der Waals surface area contributed by atoms with Gasteiger partial charge in [0.25, 0.3) is 0 Å². The van der Waals surface area contributed by atoms with E-state index >= 15 is 0 Å². The molecule has 0 amide bonds. The van der Waals surface area contributed by atoms with Crippen LogP contribution in [0.1, 0.15) is 38.3 Å². The number of nitrogens with zero attached hydrogens (tertiary/aromatic N) is 2. The van der Waals surface area contributed by atoms with Crippen LogP contribution in [0, 0.1) is 0 Å². The van der Waals surface area contributed by atoms with Gasteiger partial charge in [0.2, 0.25) is 0 Å². The highest BCUT2D eigenvalue weighted by molar-refractivity contribution is 14.0. The fraction of sp³-hybridized carbons (Fsp3) is 0.588. The zero-order valence-electron chi connectivity index (χ0n) is 14.5. The van der Waals surface area contributed by atoms with Crippen LogP contribution in [0.25, 0.3) is 0 Å². The summed E-state index contributed by atoms with van der Waals surface area (Å²) in [6.45, 7) is 9.30. The van der Waals surface area contributed by atoms with Gasteiger partial charge in [-0.3, -0.25) is 9.89 Å². The fourth-order valence-corrected chi connectivity index (χ4v) is 1.98. The van der Waals surface area contributed by atoms with Crippen LogP contribution in [0.4, 0.5) is 0 Å². The lowest BCUT2D eigenvalue weighted by molar-refractivity contribution is 0.265. The molecule has 1 aromatic rings. The number of benzene rings is 1. The molecule has 0 saturated heterocycles. The van der Waals surface area contributed by atoms with Gasteiger partial charge in [-0.1, -0.05) is 31.2 Å². The maximum Gasteiger partial charge on any atom is 0.191 e. The summed E-state index contributed by atoms with van der Waals surface area (Å²) in [5, 5.41) is 6.68. The van der Waals surface area contributed by atoms with E-state index in [0.29, 0.717) is 6.04 Å². The smallest absolute Gasteiger partial charge is 0.191 e. The Morgan fingerprint density at radius 1 is 1.18 bits per heavy atom. The van der Waals surface area contributed by atoms with E-state index in [9.17, 15) is 0 Å². The number of rotatable bonds is 7. The Kier molecular flexibility index (Phi) is 11.3. The summed E-state index contributed by atoms with van der Waals surface area (Å²) in [6, 6.07) is 9.14. The highest BCUT2D eigenvalue weighted by atomic mass is 127. The van der Waals surface area contributed by atoms with E-state index in [1.54, 1.807) is 0 Å². The van der Waals surface area contributed by atoms with Gasteiger partial charge in [-0.15, -0.1) is 24.0 Å². The van der Waals surface area contributed by atoms with Crippen molar-refractivity contribution in [3.05, 3.63) is 35.4 Å². The first kappa shape index (κ1) is 21.2. The molecule has 2 N–H and O–H groups in total. The van der Waals surface area contributed by atoms with Gasteiger partial charge in [-0.2, -0.15) is 0 Å². The summed E-state index contributed by atoms with van der Waals surface area (Å²) in [7, 11) is 3.97. The monoisotopic (exact) mass is 418 g/mol. The highest BCUT2D eigenvalue weighted by Gasteiger charge is 2.08. The molecular weight excluding hydrogens is 387 g/mol. The molecule has 5 heteroatoms.